The molecule has 1 aromatic carbocycles. The van der Waals surface area contributed by atoms with Crippen LogP contribution in [0.25, 0.3) is 0 Å². The molecular weight excluding hydrogens is 396 g/mol. The first-order valence-electron chi connectivity index (χ1n) is 8.50. The monoisotopic (exact) mass is 414 g/mol. The van der Waals surface area contributed by atoms with E-state index in [1.807, 2.05) is 0 Å². The number of ether oxygens (including phenoxy) is 2. The average Bonchev–Trinajstić information content (AvgIpc) is 3.00. The number of esters is 1. The summed E-state index contributed by atoms with van der Waals surface area (Å²) in [4.78, 5) is 24.2. The van der Waals surface area contributed by atoms with Gasteiger partial charge in [-0.05, 0) is 18.6 Å². The van der Waals surface area contributed by atoms with Crippen molar-refractivity contribution in [1.29, 1.82) is 0 Å². The molecule has 0 unspecified atom stereocenters. The summed E-state index contributed by atoms with van der Waals surface area (Å²) < 4.78 is 33.8. The fraction of sp³-hybridized carbons (Fsp3) is 0.471. The second kappa shape index (κ2) is 8.26. The van der Waals surface area contributed by atoms with Gasteiger partial charge in [-0.3, -0.25) is 4.79 Å². The summed E-state index contributed by atoms with van der Waals surface area (Å²) in [6.07, 6.45) is 0.588. The van der Waals surface area contributed by atoms with E-state index in [1.54, 1.807) is 24.3 Å². The molecule has 27 heavy (non-hydrogen) atoms. The number of sulfone groups is 1. The van der Waals surface area contributed by atoms with E-state index in [1.165, 1.54) is 0 Å². The Bertz CT molecular complexity index is 870. The van der Waals surface area contributed by atoms with Crippen LogP contribution in [0, 0.1) is 0 Å². The molecule has 2 aliphatic rings. The Hall–Kier alpha value is -2.13. The van der Waals surface area contributed by atoms with E-state index >= 15 is 0 Å². The van der Waals surface area contributed by atoms with Gasteiger partial charge in [0.15, 0.2) is 9.84 Å². The van der Waals surface area contributed by atoms with Crippen molar-refractivity contribution < 1.29 is 27.5 Å². The van der Waals surface area contributed by atoms with Gasteiger partial charge in [0.25, 0.3) is 0 Å². The molecule has 1 atom stereocenters. The fourth-order valence-corrected chi connectivity index (χ4v) is 4.79. The highest BCUT2D eigenvalue weighted by Crippen LogP contribution is 2.23. The van der Waals surface area contributed by atoms with Gasteiger partial charge in [0.1, 0.15) is 24.7 Å². The molecule has 1 fully saturated rings. The first-order valence-corrected chi connectivity index (χ1v) is 10.7. The van der Waals surface area contributed by atoms with Crippen LogP contribution in [-0.4, -0.2) is 61.8 Å². The van der Waals surface area contributed by atoms with Crippen LogP contribution in [0.4, 0.5) is 0 Å². The van der Waals surface area contributed by atoms with E-state index in [0.29, 0.717) is 17.2 Å². The summed E-state index contributed by atoms with van der Waals surface area (Å²) in [6.45, 7) is 0.112. The van der Waals surface area contributed by atoms with E-state index in [-0.39, 0.29) is 49.2 Å². The van der Waals surface area contributed by atoms with Gasteiger partial charge < -0.3 is 9.47 Å². The highest BCUT2D eigenvalue weighted by Gasteiger charge is 2.37. The Morgan fingerprint density at radius 3 is 2.74 bits per heavy atom. The number of hydrogen-bond donors (Lipinski definition) is 0. The van der Waals surface area contributed by atoms with E-state index < -0.39 is 21.8 Å². The molecule has 0 radical (unpaired) electrons. The van der Waals surface area contributed by atoms with Gasteiger partial charge in [0, 0.05) is 12.8 Å². The molecule has 3 rings (SSSR count). The van der Waals surface area contributed by atoms with Gasteiger partial charge in [0.2, 0.25) is 5.91 Å². The van der Waals surface area contributed by atoms with Crippen molar-refractivity contribution in [3.8, 4) is 5.75 Å². The molecule has 0 bridgehead atoms. The minimum atomic E-state index is -3.16. The zero-order valence-corrected chi connectivity index (χ0v) is 16.0. The lowest BCUT2D eigenvalue weighted by Gasteiger charge is -2.27. The van der Waals surface area contributed by atoms with Gasteiger partial charge in [-0.25, -0.2) is 18.2 Å². The molecule has 0 aromatic heterocycles. The van der Waals surface area contributed by atoms with Crippen molar-refractivity contribution >= 4 is 39.0 Å². The Morgan fingerprint density at radius 2 is 2.04 bits per heavy atom. The first-order chi connectivity index (χ1) is 12.9. The molecular formula is C17H19ClN2O6S. The standard InChI is InChI=1S/C17H19ClN2O6S/c18-13-3-1-2-4-15(13)25-8-9-26-17(22)14-5-6-16(21)20(19-14)12-7-10-27(23,24)11-12/h1-4,12H,5-11H2/t12-/m1/s1. The summed E-state index contributed by atoms with van der Waals surface area (Å²) in [5.41, 5.74) is 0.108. The minimum Gasteiger partial charge on any atom is -0.488 e. The molecule has 0 spiro atoms. The van der Waals surface area contributed by atoms with Crippen LogP contribution in [0.15, 0.2) is 29.4 Å². The number of amides is 1. The third-order valence-corrected chi connectivity index (χ3v) is 6.32. The average molecular weight is 415 g/mol. The number of carbonyl (C=O) groups excluding carboxylic acids is 2. The summed E-state index contributed by atoms with van der Waals surface area (Å²) in [6, 6.07) is 6.43. The molecule has 1 saturated heterocycles. The molecule has 146 valence electrons. The number of para-hydroxylation sites is 1. The predicted molar refractivity (Wildman–Crippen MR) is 98.5 cm³/mol. The Balaban J connectivity index is 1.53. The summed E-state index contributed by atoms with van der Waals surface area (Å²) in [7, 11) is -3.16. The molecule has 8 nitrogen and oxygen atoms in total. The second-order valence-corrected chi connectivity index (χ2v) is 8.89. The molecule has 0 aliphatic carbocycles. The molecule has 1 amide bonds. The van der Waals surface area contributed by atoms with E-state index in [2.05, 4.69) is 5.10 Å². The Morgan fingerprint density at radius 1 is 1.26 bits per heavy atom. The third kappa shape index (κ3) is 4.98. The molecule has 2 heterocycles. The number of benzene rings is 1. The van der Waals surface area contributed by atoms with Crippen molar-refractivity contribution in [2.45, 2.75) is 25.3 Å². The minimum absolute atomic E-state index is 0.00513. The SMILES string of the molecule is O=C(OCCOc1ccccc1Cl)C1=NN([C@@H]2CCS(=O)(=O)C2)C(=O)CC1. The molecule has 1 aromatic rings. The Labute approximate surface area is 162 Å². The van der Waals surface area contributed by atoms with Crippen molar-refractivity contribution in [1.82, 2.24) is 5.01 Å². The van der Waals surface area contributed by atoms with Crippen molar-refractivity contribution in [3.63, 3.8) is 0 Å². The van der Waals surface area contributed by atoms with Crippen LogP contribution in [0.2, 0.25) is 5.02 Å². The fourth-order valence-electron chi connectivity index (χ4n) is 2.90. The van der Waals surface area contributed by atoms with E-state index in [0.717, 1.165) is 5.01 Å². The maximum absolute atomic E-state index is 12.2. The highest BCUT2D eigenvalue weighted by molar-refractivity contribution is 7.91. The number of halogens is 1. The van der Waals surface area contributed by atoms with E-state index in [4.69, 9.17) is 21.1 Å². The summed E-state index contributed by atoms with van der Waals surface area (Å²) in [5, 5.41) is 5.65. The zero-order valence-electron chi connectivity index (χ0n) is 14.5. The summed E-state index contributed by atoms with van der Waals surface area (Å²) >= 11 is 5.97. The van der Waals surface area contributed by atoms with Gasteiger partial charge in [-0.15, -0.1) is 0 Å². The lowest BCUT2D eigenvalue weighted by Crippen LogP contribution is -2.42. The van der Waals surface area contributed by atoms with Crippen LogP contribution in [-0.2, 0) is 24.2 Å². The third-order valence-electron chi connectivity index (χ3n) is 4.26. The maximum Gasteiger partial charge on any atom is 0.354 e. The van der Waals surface area contributed by atoms with Gasteiger partial charge in [-0.1, -0.05) is 23.7 Å². The largest absolute Gasteiger partial charge is 0.488 e. The maximum atomic E-state index is 12.2. The quantitative estimate of drug-likeness (QED) is 0.515. The van der Waals surface area contributed by atoms with Gasteiger partial charge >= 0.3 is 5.97 Å². The van der Waals surface area contributed by atoms with Crippen LogP contribution in [0.5, 0.6) is 5.75 Å². The van der Waals surface area contributed by atoms with Crippen molar-refractivity contribution in [2.75, 3.05) is 24.7 Å². The molecule has 10 heteroatoms. The number of hydrazone groups is 1. The van der Waals surface area contributed by atoms with Gasteiger partial charge in [0.05, 0.1) is 22.6 Å². The number of hydrogen-bond acceptors (Lipinski definition) is 7. The lowest BCUT2D eigenvalue weighted by molar-refractivity contribution is -0.137. The topological polar surface area (TPSA) is 102 Å². The number of nitrogens with zero attached hydrogens (tertiary/aromatic N) is 2. The normalized spacial score (nSPS) is 21.7. The van der Waals surface area contributed by atoms with Crippen LogP contribution >= 0.6 is 11.6 Å². The molecule has 0 saturated carbocycles. The predicted octanol–water partition coefficient (Wildman–Crippen LogP) is 1.43. The molecule has 2 aliphatic heterocycles. The molecule has 0 N–H and O–H groups in total. The second-order valence-electron chi connectivity index (χ2n) is 6.26. The number of carbonyl (C=O) groups is 2. The van der Waals surface area contributed by atoms with Crippen LogP contribution < -0.4 is 4.74 Å². The zero-order chi connectivity index (χ0) is 19.4. The number of rotatable bonds is 6. The van der Waals surface area contributed by atoms with Crippen LogP contribution in [0.1, 0.15) is 19.3 Å². The van der Waals surface area contributed by atoms with Crippen LogP contribution in [0.3, 0.4) is 0 Å². The van der Waals surface area contributed by atoms with Crippen molar-refractivity contribution in [2.24, 2.45) is 5.10 Å². The van der Waals surface area contributed by atoms with E-state index in [9.17, 15) is 18.0 Å². The smallest absolute Gasteiger partial charge is 0.354 e. The lowest BCUT2D eigenvalue weighted by atomic mass is 10.1. The summed E-state index contributed by atoms with van der Waals surface area (Å²) in [5.74, 6) is -0.539. The van der Waals surface area contributed by atoms with Crippen molar-refractivity contribution in [3.05, 3.63) is 29.3 Å². The Kier molecular flexibility index (Phi) is 6.01. The highest BCUT2D eigenvalue weighted by atomic mass is 35.5. The van der Waals surface area contributed by atoms with Gasteiger partial charge in [-0.2, -0.15) is 5.10 Å². The first kappa shape index (κ1) is 19.6.